The second-order valence-electron chi connectivity index (χ2n) is 6.91. The minimum atomic E-state index is -1.39. The first-order valence-corrected chi connectivity index (χ1v) is 10.6. The molecule has 0 aromatic heterocycles. The Morgan fingerprint density at radius 1 is 1.11 bits per heavy atom. The fourth-order valence-electron chi connectivity index (χ4n) is 2.58. The minimum Gasteiger partial charge on any atom is -0.322 e. The standard InChI is InChI=1S/C21H27ClN2O2S/c1-5-6-7-16-8-12-18(13-9-16)23-20(25)17-10-14-19(15-11-17)24(4)27(26)21(2,3)22/h8-15H,5-7H2,1-4H3,(H,23,25). The number of nitrogens with one attached hydrogen (secondary N) is 1. The summed E-state index contributed by atoms with van der Waals surface area (Å²) in [5.74, 6) is -0.177. The maximum atomic E-state index is 12.4. The van der Waals surface area contributed by atoms with Crippen molar-refractivity contribution in [3.05, 3.63) is 59.7 Å². The van der Waals surface area contributed by atoms with Gasteiger partial charge >= 0.3 is 0 Å². The number of hydrogen-bond donors (Lipinski definition) is 1. The lowest BCUT2D eigenvalue weighted by Gasteiger charge is -2.25. The fraction of sp³-hybridized carbons (Fsp3) is 0.381. The number of alkyl halides is 1. The minimum absolute atomic E-state index is 0.177. The third-order valence-electron chi connectivity index (χ3n) is 4.19. The average Bonchev–Trinajstić information content (AvgIpc) is 2.65. The van der Waals surface area contributed by atoms with Crippen LogP contribution in [0.4, 0.5) is 11.4 Å². The molecule has 0 saturated carbocycles. The second kappa shape index (κ2) is 9.38. The maximum Gasteiger partial charge on any atom is 0.255 e. The van der Waals surface area contributed by atoms with Gasteiger partial charge in [0, 0.05) is 24.0 Å². The largest absolute Gasteiger partial charge is 0.322 e. The number of hydrogen-bond acceptors (Lipinski definition) is 2. The fourth-order valence-corrected chi connectivity index (χ4v) is 3.86. The summed E-state index contributed by atoms with van der Waals surface area (Å²) in [7, 11) is 0.329. The molecule has 0 bridgehead atoms. The van der Waals surface area contributed by atoms with Crippen molar-refractivity contribution >= 4 is 39.9 Å². The van der Waals surface area contributed by atoms with Gasteiger partial charge in [0.15, 0.2) is 0 Å². The van der Waals surface area contributed by atoms with Crippen molar-refractivity contribution in [2.75, 3.05) is 16.7 Å². The molecule has 0 aliphatic rings. The highest BCUT2D eigenvalue weighted by Gasteiger charge is 2.26. The Hall–Kier alpha value is -1.85. The molecule has 2 aromatic carbocycles. The number of benzene rings is 2. The van der Waals surface area contributed by atoms with E-state index in [2.05, 4.69) is 12.2 Å². The molecule has 146 valence electrons. The van der Waals surface area contributed by atoms with E-state index in [1.807, 2.05) is 24.3 Å². The Bertz CT molecular complexity index is 783. The van der Waals surface area contributed by atoms with Crippen molar-refractivity contribution < 1.29 is 9.00 Å². The van der Waals surface area contributed by atoms with E-state index in [9.17, 15) is 9.00 Å². The zero-order valence-electron chi connectivity index (χ0n) is 16.3. The highest BCUT2D eigenvalue weighted by Crippen LogP contribution is 2.25. The zero-order valence-corrected chi connectivity index (χ0v) is 17.9. The van der Waals surface area contributed by atoms with Crippen LogP contribution in [-0.2, 0) is 17.4 Å². The van der Waals surface area contributed by atoms with Crippen molar-refractivity contribution in [2.45, 2.75) is 44.2 Å². The number of anilines is 2. The van der Waals surface area contributed by atoms with Gasteiger partial charge in [-0.15, -0.1) is 11.6 Å². The summed E-state index contributed by atoms with van der Waals surface area (Å²) in [6, 6.07) is 14.9. The van der Waals surface area contributed by atoms with Crippen LogP contribution in [0.1, 0.15) is 49.5 Å². The van der Waals surface area contributed by atoms with E-state index in [1.54, 1.807) is 49.5 Å². The van der Waals surface area contributed by atoms with E-state index in [-0.39, 0.29) is 5.91 Å². The van der Waals surface area contributed by atoms with Crippen LogP contribution in [0.2, 0.25) is 0 Å². The highest BCUT2D eigenvalue weighted by molar-refractivity contribution is 7.89. The van der Waals surface area contributed by atoms with Gasteiger partial charge in [-0.05, 0) is 68.7 Å². The molecule has 2 rings (SSSR count). The molecule has 1 atom stereocenters. The zero-order chi connectivity index (χ0) is 20.0. The topological polar surface area (TPSA) is 49.4 Å². The first kappa shape index (κ1) is 21.5. The van der Waals surface area contributed by atoms with Gasteiger partial charge in [-0.2, -0.15) is 0 Å². The summed E-state index contributed by atoms with van der Waals surface area (Å²) in [5.41, 5.74) is 3.32. The van der Waals surface area contributed by atoms with Gasteiger partial charge in [0.1, 0.15) is 15.2 Å². The molecule has 0 radical (unpaired) electrons. The first-order valence-electron chi connectivity index (χ1n) is 9.07. The Morgan fingerprint density at radius 3 is 2.22 bits per heavy atom. The van der Waals surface area contributed by atoms with Crippen LogP contribution >= 0.6 is 11.6 Å². The van der Waals surface area contributed by atoms with Gasteiger partial charge in [0.05, 0.1) is 0 Å². The number of unbranched alkanes of at least 4 members (excludes halogenated alkanes) is 1. The number of carbonyl (C=O) groups excluding carboxylic acids is 1. The van der Waals surface area contributed by atoms with E-state index in [0.717, 1.165) is 24.2 Å². The summed E-state index contributed by atoms with van der Waals surface area (Å²) in [4.78, 5) is 12.4. The molecule has 0 spiro atoms. The number of halogens is 1. The Morgan fingerprint density at radius 2 is 1.70 bits per heavy atom. The van der Waals surface area contributed by atoms with Crippen LogP contribution in [0.15, 0.2) is 48.5 Å². The van der Waals surface area contributed by atoms with Crippen molar-refractivity contribution in [3.63, 3.8) is 0 Å². The van der Waals surface area contributed by atoms with Crippen LogP contribution in [0, 0.1) is 0 Å². The Balaban J connectivity index is 2.02. The van der Waals surface area contributed by atoms with Gasteiger partial charge in [-0.3, -0.25) is 9.10 Å². The molecule has 2 aromatic rings. The number of aryl methyl sites for hydroxylation is 1. The van der Waals surface area contributed by atoms with Crippen LogP contribution in [0.5, 0.6) is 0 Å². The summed E-state index contributed by atoms with van der Waals surface area (Å²) in [6.45, 7) is 5.58. The summed E-state index contributed by atoms with van der Waals surface area (Å²) >= 11 is 6.13. The van der Waals surface area contributed by atoms with E-state index < -0.39 is 15.2 Å². The molecule has 0 heterocycles. The predicted octanol–water partition coefficient (Wildman–Crippen LogP) is 5.36. The molecule has 0 aliphatic heterocycles. The van der Waals surface area contributed by atoms with Gasteiger partial charge in [-0.1, -0.05) is 25.5 Å². The van der Waals surface area contributed by atoms with Gasteiger partial charge < -0.3 is 5.32 Å². The molecule has 1 N–H and O–H groups in total. The van der Waals surface area contributed by atoms with Crippen LogP contribution in [0.25, 0.3) is 0 Å². The molecule has 1 amide bonds. The summed E-state index contributed by atoms with van der Waals surface area (Å²) in [6.07, 6.45) is 3.39. The van der Waals surface area contributed by atoms with E-state index >= 15 is 0 Å². The second-order valence-corrected chi connectivity index (χ2v) is 10.1. The lowest BCUT2D eigenvalue weighted by atomic mass is 10.1. The maximum absolute atomic E-state index is 12.4. The number of rotatable bonds is 8. The van der Waals surface area contributed by atoms with Gasteiger partial charge in [0.25, 0.3) is 5.91 Å². The average molecular weight is 407 g/mol. The van der Waals surface area contributed by atoms with E-state index in [0.29, 0.717) is 5.56 Å². The third-order valence-corrected chi connectivity index (χ3v) is 6.12. The van der Waals surface area contributed by atoms with Crippen LogP contribution in [0.3, 0.4) is 0 Å². The molecular formula is C21H27ClN2O2S. The molecule has 1 unspecified atom stereocenters. The van der Waals surface area contributed by atoms with Crippen molar-refractivity contribution in [2.24, 2.45) is 0 Å². The molecule has 0 aliphatic carbocycles. The summed E-state index contributed by atoms with van der Waals surface area (Å²) in [5, 5.41) is 2.90. The van der Waals surface area contributed by atoms with E-state index in [4.69, 9.17) is 11.6 Å². The molecule has 6 heteroatoms. The number of carbonyl (C=O) groups is 1. The highest BCUT2D eigenvalue weighted by atomic mass is 35.5. The molecule has 0 saturated heterocycles. The monoisotopic (exact) mass is 406 g/mol. The van der Waals surface area contributed by atoms with Crippen molar-refractivity contribution in [1.29, 1.82) is 0 Å². The Kier molecular flexibility index (Phi) is 7.45. The lowest BCUT2D eigenvalue weighted by molar-refractivity contribution is 0.102. The molecule has 27 heavy (non-hydrogen) atoms. The first-order chi connectivity index (χ1) is 12.7. The third kappa shape index (κ3) is 6.08. The normalized spacial score (nSPS) is 12.5. The molecule has 4 nitrogen and oxygen atoms in total. The predicted molar refractivity (Wildman–Crippen MR) is 116 cm³/mol. The van der Waals surface area contributed by atoms with Crippen LogP contribution < -0.4 is 9.62 Å². The SMILES string of the molecule is CCCCc1ccc(NC(=O)c2ccc(N(C)S(=O)C(C)(C)Cl)cc2)cc1. The number of nitrogens with zero attached hydrogens (tertiary/aromatic N) is 1. The van der Waals surface area contributed by atoms with Gasteiger partial charge in [0.2, 0.25) is 0 Å². The van der Waals surface area contributed by atoms with E-state index in [1.165, 1.54) is 12.0 Å². The molecular weight excluding hydrogens is 380 g/mol. The Labute approximate surface area is 169 Å². The van der Waals surface area contributed by atoms with Gasteiger partial charge in [-0.25, -0.2) is 4.21 Å². The lowest BCUT2D eigenvalue weighted by Crippen LogP contribution is -2.33. The summed E-state index contributed by atoms with van der Waals surface area (Å²) < 4.78 is 13.1. The smallest absolute Gasteiger partial charge is 0.255 e. The van der Waals surface area contributed by atoms with Crippen molar-refractivity contribution in [1.82, 2.24) is 0 Å². The van der Waals surface area contributed by atoms with Crippen LogP contribution in [-0.4, -0.2) is 21.4 Å². The number of amides is 1. The van der Waals surface area contributed by atoms with Crippen molar-refractivity contribution in [3.8, 4) is 0 Å². The quantitative estimate of drug-likeness (QED) is 0.600. The molecule has 0 fully saturated rings.